The highest BCUT2D eigenvalue weighted by Crippen LogP contribution is 2.29. The number of nitrogens with one attached hydrogen (secondary N) is 1. The minimum Gasteiger partial charge on any atom is -0.379 e. The maximum atomic E-state index is 12.0. The Balaban J connectivity index is 1.60. The first-order chi connectivity index (χ1) is 12.0. The highest BCUT2D eigenvalue weighted by molar-refractivity contribution is 7.11. The molecule has 2 amide bonds. The summed E-state index contributed by atoms with van der Waals surface area (Å²) < 4.78 is 4.55. The third kappa shape index (κ3) is 3.92. The molecule has 10 heteroatoms. The van der Waals surface area contributed by atoms with E-state index in [4.69, 9.17) is 28.0 Å². The molecule has 25 heavy (non-hydrogen) atoms. The lowest BCUT2D eigenvalue weighted by Gasteiger charge is -2.12. The van der Waals surface area contributed by atoms with E-state index < -0.39 is 17.8 Å². The van der Waals surface area contributed by atoms with Crippen LogP contribution in [0.15, 0.2) is 24.3 Å². The normalized spacial score (nSPS) is 14.1. The number of carbonyl (C=O) groups is 3. The van der Waals surface area contributed by atoms with Crippen molar-refractivity contribution in [2.45, 2.75) is 19.4 Å². The molecule has 0 unspecified atom stereocenters. The smallest absolute Gasteiger partial charge is 0.363 e. The number of anilines is 1. The van der Waals surface area contributed by atoms with Gasteiger partial charge >= 0.3 is 5.97 Å². The second kappa shape index (κ2) is 7.38. The van der Waals surface area contributed by atoms with Crippen molar-refractivity contribution in [3.63, 3.8) is 0 Å². The minimum atomic E-state index is -0.774. The SMILES string of the molecule is O=C(ON1C(=O)CCC1=O)c1ccc(NCc2nsc(Cl)c2Cl)cc1. The van der Waals surface area contributed by atoms with Gasteiger partial charge in [-0.3, -0.25) is 9.59 Å². The predicted octanol–water partition coefficient (Wildman–Crippen LogP) is 3.28. The lowest BCUT2D eigenvalue weighted by molar-refractivity contribution is -0.172. The van der Waals surface area contributed by atoms with Gasteiger partial charge in [-0.25, -0.2) is 4.79 Å². The van der Waals surface area contributed by atoms with Gasteiger partial charge in [0.2, 0.25) is 0 Å². The number of aromatic nitrogens is 1. The summed E-state index contributed by atoms with van der Waals surface area (Å²) in [7, 11) is 0. The van der Waals surface area contributed by atoms with Crippen molar-refractivity contribution in [3.8, 4) is 0 Å². The summed E-state index contributed by atoms with van der Waals surface area (Å²) in [5.74, 6) is -1.81. The van der Waals surface area contributed by atoms with Crippen molar-refractivity contribution in [3.05, 3.63) is 44.9 Å². The van der Waals surface area contributed by atoms with Gasteiger partial charge in [-0.1, -0.05) is 23.2 Å². The maximum Gasteiger partial charge on any atom is 0.363 e. The molecule has 0 saturated carbocycles. The number of imide groups is 1. The van der Waals surface area contributed by atoms with Crippen LogP contribution in [0.5, 0.6) is 0 Å². The third-order valence-electron chi connectivity index (χ3n) is 3.42. The molecular weight excluding hydrogens is 389 g/mol. The summed E-state index contributed by atoms with van der Waals surface area (Å²) in [5, 5.41) is 4.03. The summed E-state index contributed by atoms with van der Waals surface area (Å²) in [6, 6.07) is 6.36. The van der Waals surface area contributed by atoms with Crippen LogP contribution in [0, 0.1) is 0 Å². The molecule has 1 aliphatic rings. The molecule has 1 aromatic carbocycles. The Bertz CT molecular complexity index is 822. The van der Waals surface area contributed by atoms with Crippen LogP contribution < -0.4 is 5.32 Å². The van der Waals surface area contributed by atoms with Crippen molar-refractivity contribution in [2.24, 2.45) is 0 Å². The monoisotopic (exact) mass is 399 g/mol. The van der Waals surface area contributed by atoms with Crippen molar-refractivity contribution >= 4 is 58.2 Å². The maximum absolute atomic E-state index is 12.0. The lowest BCUT2D eigenvalue weighted by Crippen LogP contribution is -2.32. The van der Waals surface area contributed by atoms with E-state index in [2.05, 4.69) is 9.69 Å². The Morgan fingerprint density at radius 2 is 1.84 bits per heavy atom. The Hall–Kier alpha value is -2.16. The van der Waals surface area contributed by atoms with Gasteiger partial charge in [0, 0.05) is 18.5 Å². The highest BCUT2D eigenvalue weighted by Gasteiger charge is 2.33. The number of hydrogen-bond donors (Lipinski definition) is 1. The first-order valence-electron chi connectivity index (χ1n) is 7.17. The minimum absolute atomic E-state index is 0.0537. The molecule has 1 N–H and O–H groups in total. The number of halogens is 2. The van der Waals surface area contributed by atoms with Crippen LogP contribution in [-0.4, -0.2) is 27.2 Å². The van der Waals surface area contributed by atoms with Gasteiger partial charge in [-0.15, -0.1) is 5.06 Å². The fourth-order valence-corrected chi connectivity index (χ4v) is 3.12. The van der Waals surface area contributed by atoms with Crippen LogP contribution >= 0.6 is 34.7 Å². The largest absolute Gasteiger partial charge is 0.379 e. The van der Waals surface area contributed by atoms with E-state index in [1.54, 1.807) is 12.1 Å². The van der Waals surface area contributed by atoms with Crippen LogP contribution in [0.3, 0.4) is 0 Å². The first-order valence-corrected chi connectivity index (χ1v) is 8.70. The number of hydroxylamine groups is 2. The Morgan fingerprint density at radius 1 is 1.20 bits per heavy atom. The van der Waals surface area contributed by atoms with Crippen LogP contribution in [0.2, 0.25) is 9.36 Å². The summed E-state index contributed by atoms with van der Waals surface area (Å²) in [5.41, 5.74) is 1.57. The first kappa shape index (κ1) is 17.7. The van der Waals surface area contributed by atoms with Crippen LogP contribution in [0.25, 0.3) is 0 Å². The van der Waals surface area contributed by atoms with Gasteiger partial charge in [0.1, 0.15) is 4.34 Å². The van der Waals surface area contributed by atoms with Crippen LogP contribution in [0.4, 0.5) is 5.69 Å². The fraction of sp³-hybridized carbons (Fsp3) is 0.200. The van der Waals surface area contributed by atoms with Gasteiger partial charge < -0.3 is 10.2 Å². The van der Waals surface area contributed by atoms with Gasteiger partial charge in [0.15, 0.2) is 0 Å². The Kier molecular flexibility index (Phi) is 5.22. The fourth-order valence-electron chi connectivity index (χ4n) is 2.10. The zero-order chi connectivity index (χ0) is 18.0. The zero-order valence-electron chi connectivity index (χ0n) is 12.6. The van der Waals surface area contributed by atoms with Crippen LogP contribution in [0.1, 0.15) is 28.9 Å². The van der Waals surface area contributed by atoms with E-state index >= 15 is 0 Å². The number of hydrogen-bond acceptors (Lipinski definition) is 7. The van der Waals surface area contributed by atoms with Gasteiger partial charge in [0.05, 0.1) is 22.8 Å². The molecule has 1 aliphatic heterocycles. The topological polar surface area (TPSA) is 88.6 Å². The van der Waals surface area contributed by atoms with Gasteiger partial charge in [-0.05, 0) is 35.8 Å². The van der Waals surface area contributed by atoms with E-state index in [1.807, 2.05) is 0 Å². The number of carbonyl (C=O) groups excluding carboxylic acids is 3. The summed E-state index contributed by atoms with van der Waals surface area (Å²) in [6.45, 7) is 0.378. The molecule has 0 bridgehead atoms. The van der Waals surface area contributed by atoms with Crippen molar-refractivity contribution in [1.82, 2.24) is 9.44 Å². The number of benzene rings is 1. The molecule has 1 fully saturated rings. The average molecular weight is 400 g/mol. The zero-order valence-corrected chi connectivity index (χ0v) is 15.0. The standard InChI is InChI=1S/C15H11Cl2N3O4S/c16-13-10(19-25-14(13)17)7-18-9-3-1-8(2-4-9)15(23)24-20-11(21)5-6-12(20)22/h1-4,18H,5-7H2. The second-order valence-electron chi connectivity index (χ2n) is 5.11. The summed E-state index contributed by atoms with van der Waals surface area (Å²) in [4.78, 5) is 39.7. The van der Waals surface area contributed by atoms with E-state index in [-0.39, 0.29) is 18.4 Å². The Morgan fingerprint density at radius 3 is 2.40 bits per heavy atom. The molecule has 130 valence electrons. The second-order valence-corrected chi connectivity index (χ2v) is 6.86. The van der Waals surface area contributed by atoms with Crippen molar-refractivity contribution < 1.29 is 19.2 Å². The molecule has 0 atom stereocenters. The molecule has 2 heterocycles. The van der Waals surface area contributed by atoms with Gasteiger partial charge in [0.25, 0.3) is 11.8 Å². The van der Waals surface area contributed by atoms with E-state index in [0.29, 0.717) is 26.7 Å². The van der Waals surface area contributed by atoms with E-state index in [9.17, 15) is 14.4 Å². The summed E-state index contributed by atoms with van der Waals surface area (Å²) in [6.07, 6.45) is 0.107. The number of rotatable bonds is 5. The molecule has 0 spiro atoms. The van der Waals surface area contributed by atoms with E-state index in [1.165, 1.54) is 12.1 Å². The molecule has 2 aromatic rings. The highest BCUT2D eigenvalue weighted by atomic mass is 35.5. The van der Waals surface area contributed by atoms with Crippen molar-refractivity contribution in [1.29, 1.82) is 0 Å². The molecule has 1 saturated heterocycles. The van der Waals surface area contributed by atoms with E-state index in [0.717, 1.165) is 17.2 Å². The number of amides is 2. The Labute approximate surface area is 156 Å². The third-order valence-corrected chi connectivity index (χ3v) is 5.11. The summed E-state index contributed by atoms with van der Waals surface area (Å²) >= 11 is 13.0. The number of nitrogens with zero attached hydrogens (tertiary/aromatic N) is 2. The molecule has 0 radical (unpaired) electrons. The average Bonchev–Trinajstić information content (AvgIpc) is 3.10. The van der Waals surface area contributed by atoms with Gasteiger partial charge in [-0.2, -0.15) is 4.37 Å². The molecule has 3 rings (SSSR count). The molecular formula is C15H11Cl2N3O4S. The molecule has 0 aliphatic carbocycles. The van der Waals surface area contributed by atoms with Crippen LogP contribution in [-0.2, 0) is 21.0 Å². The molecule has 1 aromatic heterocycles. The lowest BCUT2D eigenvalue weighted by atomic mass is 10.2. The molecule has 7 nitrogen and oxygen atoms in total. The predicted molar refractivity (Wildman–Crippen MR) is 92.4 cm³/mol. The quantitative estimate of drug-likeness (QED) is 0.775. The van der Waals surface area contributed by atoms with Crippen molar-refractivity contribution in [2.75, 3.05) is 5.32 Å².